The molecule has 1 aromatic rings. The van der Waals surface area contributed by atoms with Gasteiger partial charge < -0.3 is 9.84 Å². The molecule has 20 heavy (non-hydrogen) atoms. The summed E-state index contributed by atoms with van der Waals surface area (Å²) in [5.41, 5.74) is 2.49. The van der Waals surface area contributed by atoms with Gasteiger partial charge in [-0.1, -0.05) is 13.0 Å². The van der Waals surface area contributed by atoms with Crippen molar-refractivity contribution in [3.05, 3.63) is 29.3 Å². The number of rotatable bonds is 6. The van der Waals surface area contributed by atoms with Gasteiger partial charge in [0.25, 0.3) is 0 Å². The van der Waals surface area contributed by atoms with Crippen molar-refractivity contribution in [2.24, 2.45) is 5.92 Å². The first-order chi connectivity index (χ1) is 9.60. The van der Waals surface area contributed by atoms with Gasteiger partial charge in [0, 0.05) is 12.6 Å². The molecule has 0 saturated carbocycles. The van der Waals surface area contributed by atoms with Gasteiger partial charge in [0.1, 0.15) is 5.75 Å². The van der Waals surface area contributed by atoms with Gasteiger partial charge in [-0.2, -0.15) is 0 Å². The van der Waals surface area contributed by atoms with Crippen LogP contribution in [0.2, 0.25) is 0 Å². The van der Waals surface area contributed by atoms with E-state index in [0.717, 1.165) is 31.9 Å². The molecular formula is C17H27NO2. The van der Waals surface area contributed by atoms with Crippen LogP contribution in [0.1, 0.15) is 30.9 Å². The van der Waals surface area contributed by atoms with E-state index in [9.17, 15) is 5.11 Å². The SMILES string of the molecule is Cc1cc(C)cc(OCCCN2CCC(C)C2CO)c1. The Labute approximate surface area is 122 Å². The quantitative estimate of drug-likeness (QED) is 0.812. The Hall–Kier alpha value is -1.06. The first kappa shape index (κ1) is 15.3. The number of benzene rings is 1. The molecule has 2 rings (SSSR count). The second kappa shape index (κ2) is 7.09. The van der Waals surface area contributed by atoms with Crippen molar-refractivity contribution in [3.8, 4) is 5.75 Å². The van der Waals surface area contributed by atoms with Crippen molar-refractivity contribution in [3.63, 3.8) is 0 Å². The van der Waals surface area contributed by atoms with Crippen LogP contribution >= 0.6 is 0 Å². The fourth-order valence-corrected chi connectivity index (χ4v) is 3.13. The van der Waals surface area contributed by atoms with Crippen LogP contribution in [0, 0.1) is 19.8 Å². The number of aliphatic hydroxyl groups excluding tert-OH is 1. The highest BCUT2D eigenvalue weighted by Gasteiger charge is 2.29. The number of aryl methyl sites for hydroxylation is 2. The number of hydrogen-bond acceptors (Lipinski definition) is 3. The van der Waals surface area contributed by atoms with Gasteiger partial charge in [0.15, 0.2) is 0 Å². The van der Waals surface area contributed by atoms with Gasteiger partial charge in [-0.3, -0.25) is 4.90 Å². The number of ether oxygens (including phenoxy) is 1. The molecule has 0 bridgehead atoms. The molecule has 0 radical (unpaired) electrons. The van der Waals surface area contributed by atoms with E-state index in [1.165, 1.54) is 17.5 Å². The molecule has 0 amide bonds. The summed E-state index contributed by atoms with van der Waals surface area (Å²) in [6, 6.07) is 6.67. The molecule has 1 saturated heterocycles. The summed E-state index contributed by atoms with van der Waals surface area (Å²) < 4.78 is 5.83. The van der Waals surface area contributed by atoms with Crippen LogP contribution in [0.4, 0.5) is 0 Å². The monoisotopic (exact) mass is 277 g/mol. The summed E-state index contributed by atoms with van der Waals surface area (Å²) in [6.07, 6.45) is 2.21. The Kier molecular flexibility index (Phi) is 5.44. The minimum Gasteiger partial charge on any atom is -0.494 e. The number of nitrogens with zero attached hydrogens (tertiary/aromatic N) is 1. The van der Waals surface area contributed by atoms with E-state index in [2.05, 4.69) is 43.9 Å². The van der Waals surface area contributed by atoms with Gasteiger partial charge >= 0.3 is 0 Å². The number of hydrogen-bond donors (Lipinski definition) is 1. The molecule has 1 aliphatic heterocycles. The molecule has 2 unspecified atom stereocenters. The van der Waals surface area contributed by atoms with Crippen LogP contribution in [0.5, 0.6) is 5.75 Å². The molecule has 0 aliphatic carbocycles. The fraction of sp³-hybridized carbons (Fsp3) is 0.647. The van der Waals surface area contributed by atoms with Crippen molar-refractivity contribution >= 4 is 0 Å². The maximum atomic E-state index is 9.43. The predicted octanol–water partition coefficient (Wildman–Crippen LogP) is 2.78. The molecular weight excluding hydrogens is 250 g/mol. The lowest BCUT2D eigenvalue weighted by molar-refractivity contribution is 0.133. The van der Waals surface area contributed by atoms with E-state index in [1.54, 1.807) is 0 Å². The topological polar surface area (TPSA) is 32.7 Å². The van der Waals surface area contributed by atoms with Crippen LogP contribution < -0.4 is 4.74 Å². The van der Waals surface area contributed by atoms with Crippen LogP contribution in [0.15, 0.2) is 18.2 Å². The normalized spacial score (nSPS) is 23.2. The lowest BCUT2D eigenvalue weighted by Crippen LogP contribution is -2.36. The van der Waals surface area contributed by atoms with Crippen molar-refractivity contribution in [2.45, 2.75) is 39.7 Å². The van der Waals surface area contributed by atoms with Crippen LogP contribution in [-0.2, 0) is 0 Å². The highest BCUT2D eigenvalue weighted by Crippen LogP contribution is 2.23. The van der Waals surface area contributed by atoms with Gasteiger partial charge in [-0.15, -0.1) is 0 Å². The number of likely N-dealkylation sites (tertiary alicyclic amines) is 1. The average molecular weight is 277 g/mol. The minimum absolute atomic E-state index is 0.277. The van der Waals surface area contributed by atoms with Crippen molar-refractivity contribution in [2.75, 3.05) is 26.3 Å². The lowest BCUT2D eigenvalue weighted by atomic mass is 10.0. The second-order valence-electron chi connectivity index (χ2n) is 6.08. The zero-order valence-electron chi connectivity index (χ0n) is 12.9. The van der Waals surface area contributed by atoms with Gasteiger partial charge in [-0.05, 0) is 62.4 Å². The first-order valence-corrected chi connectivity index (χ1v) is 7.66. The van der Waals surface area contributed by atoms with Crippen LogP contribution in [-0.4, -0.2) is 42.4 Å². The summed E-state index contributed by atoms with van der Waals surface area (Å²) in [5, 5.41) is 9.43. The third-order valence-corrected chi connectivity index (χ3v) is 4.24. The molecule has 0 spiro atoms. The van der Waals surface area contributed by atoms with E-state index in [1.807, 2.05) is 0 Å². The molecule has 2 atom stereocenters. The van der Waals surface area contributed by atoms with Crippen LogP contribution in [0.25, 0.3) is 0 Å². The summed E-state index contributed by atoms with van der Waals surface area (Å²) in [4.78, 5) is 2.40. The maximum absolute atomic E-state index is 9.43. The second-order valence-corrected chi connectivity index (χ2v) is 6.08. The largest absolute Gasteiger partial charge is 0.494 e. The predicted molar refractivity (Wildman–Crippen MR) is 82.3 cm³/mol. The molecule has 1 fully saturated rings. The van der Waals surface area contributed by atoms with Crippen molar-refractivity contribution in [1.82, 2.24) is 4.90 Å². The maximum Gasteiger partial charge on any atom is 0.119 e. The first-order valence-electron chi connectivity index (χ1n) is 7.66. The van der Waals surface area contributed by atoms with E-state index in [4.69, 9.17) is 4.74 Å². The molecule has 1 N–H and O–H groups in total. The lowest BCUT2D eigenvalue weighted by Gasteiger charge is -2.24. The van der Waals surface area contributed by atoms with Gasteiger partial charge in [0.05, 0.1) is 13.2 Å². The Morgan fingerprint density at radius 3 is 2.60 bits per heavy atom. The van der Waals surface area contributed by atoms with Crippen molar-refractivity contribution in [1.29, 1.82) is 0 Å². The Morgan fingerprint density at radius 2 is 1.95 bits per heavy atom. The standard InChI is InChI=1S/C17H27NO2/c1-13-9-14(2)11-16(10-13)20-8-4-6-18-7-5-15(3)17(18)12-19/h9-11,15,17,19H,4-8,12H2,1-3H3. The smallest absolute Gasteiger partial charge is 0.119 e. The third kappa shape index (κ3) is 3.97. The Balaban J connectivity index is 1.74. The molecule has 3 nitrogen and oxygen atoms in total. The molecule has 1 aromatic carbocycles. The summed E-state index contributed by atoms with van der Waals surface area (Å²) >= 11 is 0. The van der Waals surface area contributed by atoms with E-state index in [0.29, 0.717) is 12.0 Å². The zero-order valence-corrected chi connectivity index (χ0v) is 12.9. The van der Waals surface area contributed by atoms with Gasteiger partial charge in [-0.25, -0.2) is 0 Å². The van der Waals surface area contributed by atoms with E-state index >= 15 is 0 Å². The highest BCUT2D eigenvalue weighted by atomic mass is 16.5. The third-order valence-electron chi connectivity index (χ3n) is 4.24. The van der Waals surface area contributed by atoms with Gasteiger partial charge in [0.2, 0.25) is 0 Å². The van der Waals surface area contributed by atoms with Crippen LogP contribution in [0.3, 0.4) is 0 Å². The summed E-state index contributed by atoms with van der Waals surface area (Å²) in [6.45, 7) is 9.56. The molecule has 0 aromatic heterocycles. The molecule has 3 heteroatoms. The molecule has 1 aliphatic rings. The van der Waals surface area contributed by atoms with E-state index < -0.39 is 0 Å². The molecule has 1 heterocycles. The summed E-state index contributed by atoms with van der Waals surface area (Å²) in [7, 11) is 0. The van der Waals surface area contributed by atoms with E-state index in [-0.39, 0.29) is 6.61 Å². The summed E-state index contributed by atoms with van der Waals surface area (Å²) in [5.74, 6) is 1.58. The highest BCUT2D eigenvalue weighted by molar-refractivity contribution is 5.32. The Bertz CT molecular complexity index is 413. The average Bonchev–Trinajstić information content (AvgIpc) is 2.74. The number of aliphatic hydroxyl groups is 1. The zero-order chi connectivity index (χ0) is 14.5. The molecule has 112 valence electrons. The minimum atomic E-state index is 0.277. The fourth-order valence-electron chi connectivity index (χ4n) is 3.13. The Morgan fingerprint density at radius 1 is 1.25 bits per heavy atom. The van der Waals surface area contributed by atoms with Crippen molar-refractivity contribution < 1.29 is 9.84 Å².